The minimum absolute atomic E-state index is 0.764. The van der Waals surface area contributed by atoms with Crippen molar-refractivity contribution in [3.05, 3.63) is 0 Å². The first-order valence-corrected chi connectivity index (χ1v) is 3.04. The van der Waals surface area contributed by atoms with Crippen LogP contribution in [-0.4, -0.2) is 31.2 Å². The quantitative estimate of drug-likeness (QED) is 0.449. The molecule has 3 heteroatoms. The summed E-state index contributed by atoms with van der Waals surface area (Å²) in [5, 5.41) is 4.54. The second-order valence-electron chi connectivity index (χ2n) is 2.06. The van der Waals surface area contributed by atoms with Crippen LogP contribution in [0.5, 0.6) is 0 Å². The predicted octanol–water partition coefficient (Wildman–Crippen LogP) is -0.735. The molecule has 0 aromatic heterocycles. The Kier molecular flexibility index (Phi) is 2.27. The van der Waals surface area contributed by atoms with Crippen molar-refractivity contribution in [1.29, 1.82) is 0 Å². The average molecular weight is 113 g/mol. The van der Waals surface area contributed by atoms with E-state index >= 15 is 0 Å². The molecule has 2 radical (unpaired) electrons. The molecule has 1 rings (SSSR count). The lowest BCUT2D eigenvalue weighted by Gasteiger charge is -2.05. The van der Waals surface area contributed by atoms with Crippen LogP contribution in [0.15, 0.2) is 0 Å². The van der Waals surface area contributed by atoms with Crippen LogP contribution >= 0.6 is 0 Å². The van der Waals surface area contributed by atoms with Crippen molar-refractivity contribution in [3.8, 4) is 0 Å². The maximum atomic E-state index is 8.88. The Morgan fingerprint density at radius 2 is 2.12 bits per heavy atom. The number of rotatable bonds is 0. The van der Waals surface area contributed by atoms with Gasteiger partial charge in [-0.1, -0.05) is 0 Å². The van der Waals surface area contributed by atoms with Crippen LogP contribution in [0.1, 0.15) is 6.42 Å². The standard InChI is InChI=1S/C5H11N3/c6-8-4-1-2-7-3-5-8/h7H,1-5H2. The van der Waals surface area contributed by atoms with Gasteiger partial charge in [-0.25, -0.2) is 5.01 Å². The van der Waals surface area contributed by atoms with E-state index < -0.39 is 0 Å². The van der Waals surface area contributed by atoms with Crippen molar-refractivity contribution in [2.75, 3.05) is 26.2 Å². The van der Waals surface area contributed by atoms with Gasteiger partial charge in [0.05, 0.1) is 0 Å². The Labute approximate surface area is 49.8 Å². The summed E-state index contributed by atoms with van der Waals surface area (Å²) in [4.78, 5) is 0. The molecule has 0 atom stereocenters. The summed E-state index contributed by atoms with van der Waals surface area (Å²) < 4.78 is 0. The lowest BCUT2D eigenvalue weighted by atomic mass is 10.4. The fourth-order valence-corrected chi connectivity index (χ4v) is 0.831. The summed E-state index contributed by atoms with van der Waals surface area (Å²) in [6.07, 6.45) is 1.05. The molecule has 1 fully saturated rings. The van der Waals surface area contributed by atoms with Crippen molar-refractivity contribution in [1.82, 2.24) is 16.2 Å². The van der Waals surface area contributed by atoms with Crippen LogP contribution in [-0.2, 0) is 0 Å². The molecule has 1 heterocycles. The summed E-state index contributed by atoms with van der Waals surface area (Å²) in [6.45, 7) is 3.53. The summed E-state index contributed by atoms with van der Waals surface area (Å²) in [7, 11) is 0. The highest BCUT2D eigenvalue weighted by molar-refractivity contribution is 4.58. The molecule has 0 aliphatic carbocycles. The van der Waals surface area contributed by atoms with Crippen molar-refractivity contribution in [2.24, 2.45) is 0 Å². The Hall–Kier alpha value is -0.120. The fourth-order valence-electron chi connectivity index (χ4n) is 0.831. The first kappa shape index (κ1) is 6.01. The van der Waals surface area contributed by atoms with E-state index in [1.165, 1.54) is 5.01 Å². The van der Waals surface area contributed by atoms with Crippen LogP contribution in [0.2, 0.25) is 0 Å². The molecule has 0 unspecified atom stereocenters. The normalized spacial score (nSPS) is 25.1. The first-order chi connectivity index (χ1) is 3.89. The van der Waals surface area contributed by atoms with Crippen molar-refractivity contribution < 1.29 is 0 Å². The molecule has 0 spiro atoms. The Morgan fingerprint density at radius 1 is 1.25 bits per heavy atom. The Bertz CT molecular complexity index is 56.7. The predicted molar refractivity (Wildman–Crippen MR) is 31.2 cm³/mol. The maximum Gasteiger partial charge on any atom is 0.0288 e. The molecule has 1 saturated heterocycles. The van der Waals surface area contributed by atoms with Crippen molar-refractivity contribution >= 4 is 0 Å². The van der Waals surface area contributed by atoms with E-state index in [9.17, 15) is 0 Å². The molecule has 0 amide bonds. The van der Waals surface area contributed by atoms with Gasteiger partial charge in [0.15, 0.2) is 0 Å². The number of nitrogens with zero attached hydrogens (tertiary/aromatic N) is 2. The van der Waals surface area contributed by atoms with E-state index in [-0.39, 0.29) is 0 Å². The Morgan fingerprint density at radius 3 is 3.00 bits per heavy atom. The topological polar surface area (TPSA) is 37.6 Å². The van der Waals surface area contributed by atoms with Crippen LogP contribution in [0.25, 0.3) is 0 Å². The second-order valence-corrected chi connectivity index (χ2v) is 2.06. The number of nitrogens with one attached hydrogen (secondary N) is 1. The van der Waals surface area contributed by atoms with Gasteiger partial charge in [0, 0.05) is 19.6 Å². The largest absolute Gasteiger partial charge is 0.315 e. The molecule has 1 N–H and O–H groups in total. The van der Waals surface area contributed by atoms with Gasteiger partial charge < -0.3 is 5.32 Å². The van der Waals surface area contributed by atoms with E-state index in [1.807, 2.05) is 0 Å². The zero-order valence-electron chi connectivity index (χ0n) is 4.93. The highest BCUT2D eigenvalue weighted by Gasteiger charge is 2.03. The number of hydrogen-bond donors (Lipinski definition) is 1. The maximum absolute atomic E-state index is 8.88. The lowest BCUT2D eigenvalue weighted by molar-refractivity contribution is 0.286. The second kappa shape index (κ2) is 3.02. The van der Waals surface area contributed by atoms with Gasteiger partial charge in [-0.15, -0.1) is 0 Å². The molecule has 0 saturated carbocycles. The van der Waals surface area contributed by atoms with E-state index in [0.29, 0.717) is 0 Å². The van der Waals surface area contributed by atoms with Crippen LogP contribution in [0.4, 0.5) is 0 Å². The zero-order chi connectivity index (χ0) is 5.82. The summed E-state index contributed by atoms with van der Waals surface area (Å²) in [5.74, 6) is 8.88. The third-order valence-electron chi connectivity index (χ3n) is 1.32. The van der Waals surface area contributed by atoms with Crippen molar-refractivity contribution in [2.45, 2.75) is 6.42 Å². The van der Waals surface area contributed by atoms with Gasteiger partial charge in [0.25, 0.3) is 0 Å². The molecule has 46 valence electrons. The van der Waals surface area contributed by atoms with E-state index in [4.69, 9.17) is 5.84 Å². The molecular weight excluding hydrogens is 102 g/mol. The first-order valence-electron chi connectivity index (χ1n) is 3.04. The van der Waals surface area contributed by atoms with Gasteiger partial charge in [-0.2, -0.15) is 0 Å². The molecule has 1 aliphatic heterocycles. The van der Waals surface area contributed by atoms with E-state index in [0.717, 1.165) is 32.6 Å². The van der Waals surface area contributed by atoms with Gasteiger partial charge in [-0.05, 0) is 18.8 Å². The zero-order valence-corrected chi connectivity index (χ0v) is 4.93. The van der Waals surface area contributed by atoms with Gasteiger partial charge in [-0.3, -0.25) is 0 Å². The minimum Gasteiger partial charge on any atom is -0.315 e. The summed E-state index contributed by atoms with van der Waals surface area (Å²) >= 11 is 0. The Balaban J connectivity index is 2.17. The number of hydrogen-bond acceptors (Lipinski definition) is 2. The molecular formula is C5H11N3. The molecule has 0 aromatic carbocycles. The van der Waals surface area contributed by atoms with Gasteiger partial charge in [0.1, 0.15) is 0 Å². The van der Waals surface area contributed by atoms with Crippen LogP contribution < -0.4 is 11.2 Å². The third kappa shape index (κ3) is 1.78. The van der Waals surface area contributed by atoms with Gasteiger partial charge >= 0.3 is 0 Å². The highest BCUT2D eigenvalue weighted by atomic mass is 15.4. The fraction of sp³-hybridized carbons (Fsp3) is 1.00. The SMILES string of the molecule is [N]N1CCCNCC1. The molecule has 0 aromatic rings. The minimum atomic E-state index is 0.764. The summed E-state index contributed by atoms with van der Waals surface area (Å²) in [5.41, 5.74) is 0. The van der Waals surface area contributed by atoms with Gasteiger partial charge in [0.2, 0.25) is 0 Å². The van der Waals surface area contributed by atoms with Crippen LogP contribution in [0.3, 0.4) is 0 Å². The monoisotopic (exact) mass is 113 g/mol. The molecule has 1 aliphatic rings. The molecule has 0 bridgehead atoms. The van der Waals surface area contributed by atoms with Crippen LogP contribution in [0, 0.1) is 0 Å². The summed E-state index contributed by atoms with van der Waals surface area (Å²) in [6, 6.07) is 0. The lowest BCUT2D eigenvalue weighted by Crippen LogP contribution is -2.26. The van der Waals surface area contributed by atoms with E-state index in [1.54, 1.807) is 0 Å². The third-order valence-corrected chi connectivity index (χ3v) is 1.32. The highest BCUT2D eigenvalue weighted by Crippen LogP contribution is 1.87. The van der Waals surface area contributed by atoms with E-state index in [2.05, 4.69) is 5.32 Å². The molecule has 3 nitrogen and oxygen atoms in total. The molecule has 8 heavy (non-hydrogen) atoms. The smallest absolute Gasteiger partial charge is 0.0288 e. The average Bonchev–Trinajstić information content (AvgIpc) is 1.94. The van der Waals surface area contributed by atoms with Crippen molar-refractivity contribution in [3.63, 3.8) is 0 Å².